The van der Waals surface area contributed by atoms with E-state index in [1.165, 1.54) is 0 Å². The molecule has 0 aromatic carbocycles. The molecule has 16 heteroatoms. The summed E-state index contributed by atoms with van der Waals surface area (Å²) in [6, 6.07) is -2.89. The quantitative estimate of drug-likeness (QED) is 0.110. The summed E-state index contributed by atoms with van der Waals surface area (Å²) >= 11 is 0. The fourth-order valence-corrected chi connectivity index (χ4v) is 5.34. The summed E-state index contributed by atoms with van der Waals surface area (Å²) in [5.41, 5.74) is 23.6. The largest absolute Gasteiger partial charge is 0.394 e. The lowest BCUT2D eigenvalue weighted by atomic mass is 9.76. The van der Waals surface area contributed by atoms with Gasteiger partial charge >= 0.3 is 0 Å². The smallest absolute Gasteiger partial charge is 0.187 e. The van der Waals surface area contributed by atoms with E-state index in [1.807, 2.05) is 0 Å². The fourth-order valence-electron chi connectivity index (χ4n) is 5.34. The maximum Gasteiger partial charge on any atom is 0.187 e. The van der Waals surface area contributed by atoms with E-state index < -0.39 is 110 Å². The van der Waals surface area contributed by atoms with Crippen molar-refractivity contribution in [1.82, 2.24) is 0 Å². The molecule has 1 aliphatic carbocycles. The molecule has 0 spiro atoms. The molecule has 0 amide bonds. The van der Waals surface area contributed by atoms with Crippen LogP contribution < -0.4 is 22.9 Å². The van der Waals surface area contributed by atoms with Crippen LogP contribution in [0, 0.1) is 5.92 Å². The predicted molar refractivity (Wildman–Crippen MR) is 131 cm³/mol. The number of aliphatic hydroxyl groups is 7. The molecule has 15 N–H and O–H groups in total. The van der Waals surface area contributed by atoms with Crippen LogP contribution in [0.5, 0.6) is 0 Å². The van der Waals surface area contributed by atoms with Crippen molar-refractivity contribution in [2.75, 3.05) is 13.2 Å². The van der Waals surface area contributed by atoms with Crippen LogP contribution in [0.4, 0.5) is 0 Å². The van der Waals surface area contributed by atoms with Gasteiger partial charge in [0.15, 0.2) is 18.4 Å². The summed E-state index contributed by atoms with van der Waals surface area (Å²) in [7, 11) is 0. The molecular formula is C23H44N4O12. The minimum Gasteiger partial charge on any atom is -0.394 e. The molecule has 2 aliphatic heterocycles. The molecule has 0 bridgehead atoms. The van der Waals surface area contributed by atoms with Crippen LogP contribution in [0.25, 0.3) is 0 Å². The van der Waals surface area contributed by atoms with Crippen molar-refractivity contribution in [3.05, 3.63) is 0 Å². The third-order valence-corrected chi connectivity index (χ3v) is 7.70. The van der Waals surface area contributed by atoms with Crippen LogP contribution in [-0.4, -0.2) is 146 Å². The molecule has 2 heterocycles. The van der Waals surface area contributed by atoms with Gasteiger partial charge in [-0.15, -0.1) is 0 Å². The molecule has 0 aromatic rings. The molecule has 0 radical (unpaired) electrons. The van der Waals surface area contributed by atoms with Crippen molar-refractivity contribution in [2.24, 2.45) is 28.9 Å². The highest BCUT2D eigenvalue weighted by molar-refractivity contribution is 5.83. The Morgan fingerprint density at radius 2 is 1.59 bits per heavy atom. The predicted octanol–water partition coefficient (Wildman–Crippen LogP) is -6.31. The van der Waals surface area contributed by atoms with Gasteiger partial charge in [0.05, 0.1) is 18.8 Å². The van der Waals surface area contributed by atoms with Gasteiger partial charge in [-0.3, -0.25) is 4.79 Å². The zero-order valence-electron chi connectivity index (χ0n) is 21.8. The Morgan fingerprint density at radius 1 is 0.949 bits per heavy atom. The van der Waals surface area contributed by atoms with Gasteiger partial charge in [0, 0.05) is 18.5 Å². The maximum atomic E-state index is 12.5. The number of nitrogens with two attached hydrogens (primary N) is 4. The maximum absolute atomic E-state index is 12.5. The number of hydrogen-bond donors (Lipinski definition) is 11. The highest BCUT2D eigenvalue weighted by Gasteiger charge is 2.53. The molecule has 16 nitrogen and oxygen atoms in total. The van der Waals surface area contributed by atoms with Crippen LogP contribution in [0.15, 0.2) is 0 Å². The zero-order chi connectivity index (χ0) is 29.2. The summed E-state index contributed by atoms with van der Waals surface area (Å²) in [5, 5.41) is 72.2. The first-order chi connectivity index (χ1) is 18.3. The number of aliphatic hydroxyl groups excluding tert-OH is 7. The second kappa shape index (κ2) is 13.8. The minimum atomic E-state index is -1.55. The summed E-state index contributed by atoms with van der Waals surface area (Å²) in [6.45, 7) is 0.990. The van der Waals surface area contributed by atoms with Gasteiger partial charge < -0.3 is 77.6 Å². The first-order valence-electron chi connectivity index (χ1n) is 13.1. The van der Waals surface area contributed by atoms with E-state index in [4.69, 9.17) is 41.9 Å². The number of carbonyl (C=O) groups is 1. The molecule has 16 atom stereocenters. The second-order valence-electron chi connectivity index (χ2n) is 10.7. The lowest BCUT2D eigenvalue weighted by molar-refractivity contribution is -0.312. The SMILES string of the molecule is C[C@H](N)[C@H]1O[C@@H](O[C@@H]2C(O)[C@H](CC(=O)[C@@H](O)CCN)CC(N)[C@H]2O[C@H]2OC(CO)[C@@H](O)[C@H](O)C2N)C(O)[C@H]1O. The van der Waals surface area contributed by atoms with Crippen molar-refractivity contribution in [3.8, 4) is 0 Å². The normalized spacial score (nSPS) is 46.7. The van der Waals surface area contributed by atoms with Crippen molar-refractivity contribution in [1.29, 1.82) is 0 Å². The van der Waals surface area contributed by atoms with Crippen molar-refractivity contribution >= 4 is 5.78 Å². The molecule has 5 unspecified atom stereocenters. The van der Waals surface area contributed by atoms with Gasteiger partial charge in [-0.2, -0.15) is 0 Å². The summed E-state index contributed by atoms with van der Waals surface area (Å²) in [6.07, 6.45) is -16.6. The molecular weight excluding hydrogens is 524 g/mol. The molecule has 2 saturated heterocycles. The molecule has 0 aromatic heterocycles. The summed E-state index contributed by atoms with van der Waals surface area (Å²) < 4.78 is 23.0. The van der Waals surface area contributed by atoms with Crippen LogP contribution in [0.2, 0.25) is 0 Å². The Bertz CT molecular complexity index is 796. The minimum absolute atomic E-state index is 0.0303. The van der Waals surface area contributed by atoms with E-state index >= 15 is 0 Å². The lowest BCUT2D eigenvalue weighted by Crippen LogP contribution is -2.66. The summed E-state index contributed by atoms with van der Waals surface area (Å²) in [4.78, 5) is 12.5. The Morgan fingerprint density at radius 3 is 2.15 bits per heavy atom. The fraction of sp³-hybridized carbons (Fsp3) is 0.957. The third-order valence-electron chi connectivity index (χ3n) is 7.70. The van der Waals surface area contributed by atoms with Crippen molar-refractivity contribution in [3.63, 3.8) is 0 Å². The molecule has 228 valence electrons. The van der Waals surface area contributed by atoms with Crippen LogP contribution in [0.3, 0.4) is 0 Å². The number of ketones is 1. The first-order valence-corrected chi connectivity index (χ1v) is 13.1. The highest BCUT2D eigenvalue weighted by Crippen LogP contribution is 2.36. The lowest BCUT2D eigenvalue weighted by Gasteiger charge is -2.47. The second-order valence-corrected chi connectivity index (χ2v) is 10.7. The molecule has 3 fully saturated rings. The van der Waals surface area contributed by atoms with Gasteiger partial charge in [0.1, 0.15) is 54.9 Å². The average Bonchev–Trinajstić information content (AvgIpc) is 3.17. The van der Waals surface area contributed by atoms with Gasteiger partial charge in [-0.25, -0.2) is 0 Å². The molecule has 1 saturated carbocycles. The standard InChI is InChI=1S/C23H44N4O12/c1-7(25)19-17(34)18(35)23(37-19)39-21-14(31)8(5-11(30)10(29)2-3-24)4-9(26)20(21)38-22-13(27)16(33)15(32)12(6-28)36-22/h7-10,12-23,28-29,31-35H,2-6,24-27H2,1H3/t7-,8-,9?,10-,12?,13?,14?,15+,16+,17+,18?,19+,20+,21+,22+,23-/m0/s1. The number of carbonyl (C=O) groups excluding carboxylic acids is 1. The van der Waals surface area contributed by atoms with E-state index in [2.05, 4.69) is 0 Å². The van der Waals surface area contributed by atoms with Crippen LogP contribution in [0.1, 0.15) is 26.2 Å². The van der Waals surface area contributed by atoms with Crippen molar-refractivity contribution in [2.45, 2.75) is 118 Å². The average molecular weight is 569 g/mol. The van der Waals surface area contributed by atoms with E-state index in [0.717, 1.165) is 0 Å². The van der Waals surface area contributed by atoms with Gasteiger partial charge in [0.2, 0.25) is 0 Å². The summed E-state index contributed by atoms with van der Waals surface area (Å²) in [5.74, 6) is -1.36. The zero-order valence-corrected chi connectivity index (χ0v) is 21.8. The Kier molecular flexibility index (Phi) is 11.5. The van der Waals surface area contributed by atoms with E-state index in [0.29, 0.717) is 0 Å². The Balaban J connectivity index is 1.85. The van der Waals surface area contributed by atoms with Gasteiger partial charge in [-0.1, -0.05) is 0 Å². The molecule has 39 heavy (non-hydrogen) atoms. The van der Waals surface area contributed by atoms with E-state index in [-0.39, 0.29) is 25.8 Å². The first kappa shape index (κ1) is 32.6. The number of Topliss-reactive ketones (excluding diaryl/α,β-unsaturated/α-hetero) is 1. The van der Waals surface area contributed by atoms with Crippen LogP contribution in [-0.2, 0) is 23.7 Å². The number of rotatable bonds is 11. The number of hydrogen-bond acceptors (Lipinski definition) is 16. The van der Waals surface area contributed by atoms with Gasteiger partial charge in [0.25, 0.3) is 0 Å². The highest BCUT2D eigenvalue weighted by atomic mass is 16.7. The van der Waals surface area contributed by atoms with Crippen LogP contribution >= 0.6 is 0 Å². The van der Waals surface area contributed by atoms with E-state index in [9.17, 15) is 40.5 Å². The monoisotopic (exact) mass is 568 g/mol. The topological polar surface area (TPSA) is 300 Å². The molecule has 3 aliphatic rings. The molecule has 3 rings (SSSR count). The van der Waals surface area contributed by atoms with Gasteiger partial charge in [-0.05, 0) is 32.2 Å². The van der Waals surface area contributed by atoms with E-state index in [1.54, 1.807) is 6.92 Å². The Hall–Kier alpha value is -0.930. The Labute approximate surface area is 225 Å². The number of ether oxygens (including phenoxy) is 4. The van der Waals surface area contributed by atoms with Crippen molar-refractivity contribution < 1.29 is 59.5 Å². The third kappa shape index (κ3) is 7.11.